The molecule has 2 atom stereocenters. The maximum Gasteiger partial charge on any atom is 0.183 e. The summed E-state index contributed by atoms with van der Waals surface area (Å²) < 4.78 is 0. The van der Waals surface area contributed by atoms with E-state index in [1.807, 2.05) is 11.8 Å². The minimum atomic E-state index is 0.614. The standard InChI is InChI=1S/C10H18N4S/c1-11-8-5-3-2-4-6-9(8)15-10-12-7-13-14-10/h7-9,11H,2-6H2,1H3,(H,12,13,14). The highest BCUT2D eigenvalue weighted by Crippen LogP contribution is 2.30. The molecule has 1 aromatic heterocycles. The lowest BCUT2D eigenvalue weighted by Gasteiger charge is -2.22. The van der Waals surface area contributed by atoms with Gasteiger partial charge >= 0.3 is 0 Å². The zero-order valence-corrected chi connectivity index (χ0v) is 9.89. The van der Waals surface area contributed by atoms with E-state index in [2.05, 4.69) is 27.5 Å². The lowest BCUT2D eigenvalue weighted by molar-refractivity contribution is 0.509. The molecule has 2 unspecified atom stereocenters. The Morgan fingerprint density at radius 2 is 2.27 bits per heavy atom. The van der Waals surface area contributed by atoms with E-state index in [1.165, 1.54) is 32.1 Å². The summed E-state index contributed by atoms with van der Waals surface area (Å²) >= 11 is 1.83. The predicted molar refractivity (Wildman–Crippen MR) is 62.0 cm³/mol. The summed E-state index contributed by atoms with van der Waals surface area (Å²) in [5.41, 5.74) is 0. The largest absolute Gasteiger partial charge is 0.316 e. The molecule has 0 saturated heterocycles. The van der Waals surface area contributed by atoms with Crippen LogP contribution in [0.5, 0.6) is 0 Å². The molecule has 5 heteroatoms. The van der Waals surface area contributed by atoms with Gasteiger partial charge in [0.05, 0.1) is 0 Å². The van der Waals surface area contributed by atoms with Crippen LogP contribution in [0.3, 0.4) is 0 Å². The van der Waals surface area contributed by atoms with E-state index >= 15 is 0 Å². The molecule has 0 spiro atoms. The molecular formula is C10H18N4S. The fourth-order valence-corrected chi connectivity index (χ4v) is 3.36. The fraction of sp³-hybridized carbons (Fsp3) is 0.800. The Morgan fingerprint density at radius 1 is 1.40 bits per heavy atom. The first-order valence-electron chi connectivity index (χ1n) is 5.59. The van der Waals surface area contributed by atoms with Crippen molar-refractivity contribution in [3.8, 4) is 0 Å². The fourth-order valence-electron chi connectivity index (χ4n) is 2.14. The van der Waals surface area contributed by atoms with Crippen LogP contribution in [0.2, 0.25) is 0 Å². The van der Waals surface area contributed by atoms with E-state index in [-0.39, 0.29) is 0 Å². The Kier molecular flexibility index (Phi) is 4.02. The number of aromatic nitrogens is 3. The minimum Gasteiger partial charge on any atom is -0.316 e. The normalized spacial score (nSPS) is 27.5. The summed E-state index contributed by atoms with van der Waals surface area (Å²) in [6.07, 6.45) is 8.18. The molecule has 0 amide bonds. The number of aromatic amines is 1. The molecule has 4 nitrogen and oxygen atoms in total. The Hall–Kier alpha value is -0.550. The molecule has 0 bridgehead atoms. The van der Waals surface area contributed by atoms with E-state index in [0.717, 1.165) is 5.16 Å². The summed E-state index contributed by atoms with van der Waals surface area (Å²) in [6, 6.07) is 0.614. The SMILES string of the molecule is CNC1CCCCCC1Sc1ncn[nH]1. The summed E-state index contributed by atoms with van der Waals surface area (Å²) in [6.45, 7) is 0. The van der Waals surface area contributed by atoms with Crippen LogP contribution in [0.4, 0.5) is 0 Å². The molecule has 2 N–H and O–H groups in total. The number of H-pyrrole nitrogens is 1. The van der Waals surface area contributed by atoms with Gasteiger partial charge in [-0.25, -0.2) is 4.98 Å². The van der Waals surface area contributed by atoms with Gasteiger partial charge in [-0.15, -0.1) is 0 Å². The average Bonchev–Trinajstić information content (AvgIpc) is 2.64. The molecule has 84 valence electrons. The van der Waals surface area contributed by atoms with E-state index < -0.39 is 0 Å². The van der Waals surface area contributed by atoms with Gasteiger partial charge in [0.15, 0.2) is 5.16 Å². The zero-order chi connectivity index (χ0) is 10.5. The first kappa shape index (κ1) is 11.0. The van der Waals surface area contributed by atoms with Crippen molar-refractivity contribution in [1.29, 1.82) is 0 Å². The second-order valence-corrected chi connectivity index (χ2v) is 5.21. The number of hydrogen-bond donors (Lipinski definition) is 2. The van der Waals surface area contributed by atoms with Crippen LogP contribution in [0.15, 0.2) is 11.5 Å². The number of hydrogen-bond acceptors (Lipinski definition) is 4. The van der Waals surface area contributed by atoms with E-state index in [9.17, 15) is 0 Å². The van der Waals surface area contributed by atoms with Crippen molar-refractivity contribution in [3.05, 3.63) is 6.33 Å². The molecule has 0 aromatic carbocycles. The Morgan fingerprint density at radius 3 is 3.00 bits per heavy atom. The van der Waals surface area contributed by atoms with Gasteiger partial charge < -0.3 is 5.32 Å². The quantitative estimate of drug-likeness (QED) is 0.772. The molecule has 1 fully saturated rings. The van der Waals surface area contributed by atoms with Gasteiger partial charge in [0.1, 0.15) is 6.33 Å². The van der Waals surface area contributed by atoms with Crippen LogP contribution in [-0.2, 0) is 0 Å². The van der Waals surface area contributed by atoms with Crippen molar-refractivity contribution in [2.45, 2.75) is 48.6 Å². The zero-order valence-electron chi connectivity index (χ0n) is 9.07. The van der Waals surface area contributed by atoms with Crippen molar-refractivity contribution in [2.75, 3.05) is 7.05 Å². The number of rotatable bonds is 3. The molecule has 1 aromatic rings. The first-order chi connectivity index (χ1) is 7.40. The smallest absolute Gasteiger partial charge is 0.183 e. The summed E-state index contributed by atoms with van der Waals surface area (Å²) in [5.74, 6) is 0. The summed E-state index contributed by atoms with van der Waals surface area (Å²) in [7, 11) is 2.06. The second-order valence-electron chi connectivity index (χ2n) is 3.98. The van der Waals surface area contributed by atoms with Crippen molar-refractivity contribution < 1.29 is 0 Å². The summed E-state index contributed by atoms with van der Waals surface area (Å²) in [5, 5.41) is 11.8. The molecule has 2 rings (SSSR count). The predicted octanol–water partition coefficient (Wildman–Crippen LogP) is 1.82. The van der Waals surface area contributed by atoms with Crippen molar-refractivity contribution in [1.82, 2.24) is 20.5 Å². The van der Waals surface area contributed by atoms with Gasteiger partial charge in [0, 0.05) is 11.3 Å². The highest BCUT2D eigenvalue weighted by atomic mass is 32.2. The topological polar surface area (TPSA) is 53.6 Å². The van der Waals surface area contributed by atoms with Gasteiger partial charge in [-0.05, 0) is 19.9 Å². The lowest BCUT2D eigenvalue weighted by Crippen LogP contribution is -2.34. The number of thioether (sulfide) groups is 1. The third-order valence-corrected chi connectivity index (χ3v) is 4.27. The molecule has 1 heterocycles. The average molecular weight is 226 g/mol. The van der Waals surface area contributed by atoms with Crippen LogP contribution in [-0.4, -0.2) is 33.5 Å². The third kappa shape index (κ3) is 2.95. The van der Waals surface area contributed by atoms with Crippen LogP contribution in [0.1, 0.15) is 32.1 Å². The van der Waals surface area contributed by atoms with Crippen molar-refractivity contribution in [2.24, 2.45) is 0 Å². The van der Waals surface area contributed by atoms with Crippen LogP contribution < -0.4 is 5.32 Å². The van der Waals surface area contributed by atoms with E-state index in [4.69, 9.17) is 0 Å². The Bertz CT molecular complexity index is 275. The minimum absolute atomic E-state index is 0.614. The maximum absolute atomic E-state index is 4.18. The van der Waals surface area contributed by atoms with Gasteiger partial charge in [-0.1, -0.05) is 31.0 Å². The lowest BCUT2D eigenvalue weighted by atomic mass is 10.1. The van der Waals surface area contributed by atoms with Gasteiger partial charge in [-0.3, -0.25) is 5.10 Å². The van der Waals surface area contributed by atoms with Gasteiger partial charge in [0.25, 0.3) is 0 Å². The Labute approximate surface area is 94.6 Å². The van der Waals surface area contributed by atoms with E-state index in [1.54, 1.807) is 6.33 Å². The first-order valence-corrected chi connectivity index (χ1v) is 6.47. The highest BCUT2D eigenvalue weighted by molar-refractivity contribution is 7.99. The molecule has 1 aliphatic carbocycles. The molecule has 0 radical (unpaired) electrons. The maximum atomic E-state index is 4.18. The highest BCUT2D eigenvalue weighted by Gasteiger charge is 2.23. The molecular weight excluding hydrogens is 208 g/mol. The van der Waals surface area contributed by atoms with Gasteiger partial charge in [-0.2, -0.15) is 5.10 Å². The molecule has 1 saturated carbocycles. The van der Waals surface area contributed by atoms with Crippen LogP contribution >= 0.6 is 11.8 Å². The monoisotopic (exact) mass is 226 g/mol. The van der Waals surface area contributed by atoms with Gasteiger partial charge in [0.2, 0.25) is 0 Å². The van der Waals surface area contributed by atoms with Crippen LogP contribution in [0.25, 0.3) is 0 Å². The summed E-state index contributed by atoms with van der Waals surface area (Å²) in [4.78, 5) is 4.18. The second kappa shape index (κ2) is 5.51. The molecule has 15 heavy (non-hydrogen) atoms. The van der Waals surface area contributed by atoms with Crippen LogP contribution in [0, 0.1) is 0 Å². The molecule has 1 aliphatic rings. The Balaban J connectivity index is 1.97. The van der Waals surface area contributed by atoms with E-state index in [0.29, 0.717) is 11.3 Å². The molecule has 0 aliphatic heterocycles. The van der Waals surface area contributed by atoms with Crippen molar-refractivity contribution >= 4 is 11.8 Å². The number of nitrogens with zero attached hydrogens (tertiary/aromatic N) is 2. The number of nitrogens with one attached hydrogen (secondary N) is 2. The third-order valence-electron chi connectivity index (χ3n) is 2.98. The van der Waals surface area contributed by atoms with Crippen molar-refractivity contribution in [3.63, 3.8) is 0 Å².